The van der Waals surface area contributed by atoms with Gasteiger partial charge in [0.1, 0.15) is 0 Å². The van der Waals surface area contributed by atoms with Gasteiger partial charge in [-0.25, -0.2) is 4.79 Å². The predicted octanol–water partition coefficient (Wildman–Crippen LogP) is 1.63. The normalized spacial score (nSPS) is 21.2. The summed E-state index contributed by atoms with van der Waals surface area (Å²) in [5, 5.41) is 0. The van der Waals surface area contributed by atoms with Crippen molar-refractivity contribution >= 4 is 0 Å². The third-order valence-electron chi connectivity index (χ3n) is 3.06. The Labute approximate surface area is 95.8 Å². The molecule has 0 N–H and O–H groups in total. The van der Waals surface area contributed by atoms with Gasteiger partial charge in [-0.05, 0) is 25.7 Å². The van der Waals surface area contributed by atoms with Crippen molar-refractivity contribution in [1.29, 1.82) is 0 Å². The van der Waals surface area contributed by atoms with Crippen LogP contribution < -0.4 is 5.69 Å². The summed E-state index contributed by atoms with van der Waals surface area (Å²) in [4.78, 5) is 11.9. The Kier molecular flexibility index (Phi) is 3.83. The quantitative estimate of drug-likeness (QED) is 0.779. The van der Waals surface area contributed by atoms with Crippen LogP contribution in [0.4, 0.5) is 0 Å². The van der Waals surface area contributed by atoms with Crippen LogP contribution in [-0.4, -0.2) is 21.8 Å². The summed E-state index contributed by atoms with van der Waals surface area (Å²) in [5.41, 5.74) is 0.0935. The van der Waals surface area contributed by atoms with Crippen LogP contribution in [0.5, 0.6) is 0 Å². The van der Waals surface area contributed by atoms with E-state index in [1.807, 2.05) is 12.4 Å². The van der Waals surface area contributed by atoms with Gasteiger partial charge in [-0.3, -0.25) is 9.13 Å². The van der Waals surface area contributed by atoms with Crippen molar-refractivity contribution in [2.24, 2.45) is 0 Å². The van der Waals surface area contributed by atoms with Crippen molar-refractivity contribution in [3.63, 3.8) is 0 Å². The number of imidazole rings is 1. The molecule has 0 aliphatic carbocycles. The van der Waals surface area contributed by atoms with E-state index in [2.05, 4.69) is 6.92 Å². The van der Waals surface area contributed by atoms with Crippen LogP contribution in [0, 0.1) is 0 Å². The standard InChI is InChI=1S/C12H20N2O2/c1-2-6-13-7-8-14(12(13)15)10-11-5-3-4-9-16-11/h7-8,11H,2-6,9-10H2,1H3. The molecule has 2 heterocycles. The topological polar surface area (TPSA) is 36.2 Å². The smallest absolute Gasteiger partial charge is 0.328 e. The fourth-order valence-corrected chi connectivity index (χ4v) is 2.17. The first-order valence-electron chi connectivity index (χ1n) is 6.18. The fraction of sp³-hybridized carbons (Fsp3) is 0.750. The number of aromatic nitrogens is 2. The van der Waals surface area contributed by atoms with Crippen molar-refractivity contribution in [3.8, 4) is 0 Å². The van der Waals surface area contributed by atoms with E-state index in [1.54, 1.807) is 9.13 Å². The lowest BCUT2D eigenvalue weighted by Gasteiger charge is -2.22. The lowest BCUT2D eigenvalue weighted by atomic mass is 10.1. The second kappa shape index (κ2) is 5.34. The Balaban J connectivity index is 2.00. The van der Waals surface area contributed by atoms with E-state index < -0.39 is 0 Å². The van der Waals surface area contributed by atoms with Crippen molar-refractivity contribution in [2.75, 3.05) is 6.61 Å². The highest BCUT2D eigenvalue weighted by atomic mass is 16.5. The largest absolute Gasteiger partial charge is 0.376 e. The molecule has 1 fully saturated rings. The number of hydrogen-bond donors (Lipinski definition) is 0. The van der Waals surface area contributed by atoms with Crippen molar-refractivity contribution in [1.82, 2.24) is 9.13 Å². The molecule has 0 spiro atoms. The summed E-state index contributed by atoms with van der Waals surface area (Å²) in [6.45, 7) is 4.43. The second-order valence-corrected chi connectivity index (χ2v) is 4.42. The summed E-state index contributed by atoms with van der Waals surface area (Å²) >= 11 is 0. The second-order valence-electron chi connectivity index (χ2n) is 4.42. The minimum absolute atomic E-state index is 0.0935. The van der Waals surface area contributed by atoms with Crippen LogP contribution in [0.2, 0.25) is 0 Å². The molecule has 4 heteroatoms. The third kappa shape index (κ3) is 2.55. The van der Waals surface area contributed by atoms with Crippen molar-refractivity contribution in [3.05, 3.63) is 22.9 Å². The maximum atomic E-state index is 11.9. The minimum atomic E-state index is 0.0935. The number of hydrogen-bond acceptors (Lipinski definition) is 2. The van der Waals surface area contributed by atoms with Crippen molar-refractivity contribution in [2.45, 2.75) is 51.8 Å². The maximum absolute atomic E-state index is 11.9. The van der Waals surface area contributed by atoms with Gasteiger partial charge in [-0.15, -0.1) is 0 Å². The number of nitrogens with zero attached hydrogens (tertiary/aromatic N) is 2. The Bertz CT molecular complexity index is 375. The van der Waals surface area contributed by atoms with E-state index in [-0.39, 0.29) is 11.8 Å². The summed E-state index contributed by atoms with van der Waals surface area (Å²) < 4.78 is 9.17. The Morgan fingerprint density at radius 3 is 2.88 bits per heavy atom. The summed E-state index contributed by atoms with van der Waals surface area (Å²) in [6, 6.07) is 0. The Morgan fingerprint density at radius 1 is 1.38 bits per heavy atom. The van der Waals surface area contributed by atoms with Crippen LogP contribution in [0.3, 0.4) is 0 Å². The van der Waals surface area contributed by atoms with Gasteiger partial charge in [0.2, 0.25) is 0 Å². The molecular weight excluding hydrogens is 204 g/mol. The Hall–Kier alpha value is -1.03. The molecular formula is C12H20N2O2. The molecule has 0 saturated carbocycles. The first-order chi connectivity index (χ1) is 7.81. The molecule has 90 valence electrons. The highest BCUT2D eigenvalue weighted by Gasteiger charge is 2.15. The van der Waals surface area contributed by atoms with Gasteiger partial charge in [0.25, 0.3) is 0 Å². The molecule has 1 aliphatic heterocycles. The monoisotopic (exact) mass is 224 g/mol. The number of ether oxygens (including phenoxy) is 1. The molecule has 1 aliphatic rings. The van der Waals surface area contributed by atoms with E-state index >= 15 is 0 Å². The minimum Gasteiger partial charge on any atom is -0.376 e. The van der Waals surface area contributed by atoms with Gasteiger partial charge in [-0.2, -0.15) is 0 Å². The lowest BCUT2D eigenvalue weighted by molar-refractivity contribution is 0.00537. The third-order valence-corrected chi connectivity index (χ3v) is 3.06. The molecule has 1 unspecified atom stereocenters. The molecule has 1 atom stereocenters. The van der Waals surface area contributed by atoms with E-state index in [1.165, 1.54) is 6.42 Å². The van der Waals surface area contributed by atoms with Gasteiger partial charge in [0.15, 0.2) is 0 Å². The van der Waals surface area contributed by atoms with Crippen LogP contribution >= 0.6 is 0 Å². The van der Waals surface area contributed by atoms with Crippen LogP contribution in [0.15, 0.2) is 17.2 Å². The van der Waals surface area contributed by atoms with Gasteiger partial charge in [0.05, 0.1) is 12.6 Å². The Morgan fingerprint density at radius 2 is 2.19 bits per heavy atom. The molecule has 0 aromatic carbocycles. The average molecular weight is 224 g/mol. The van der Waals surface area contributed by atoms with E-state index in [0.717, 1.165) is 32.4 Å². The zero-order valence-corrected chi connectivity index (χ0v) is 9.89. The zero-order valence-electron chi connectivity index (χ0n) is 9.89. The van der Waals surface area contributed by atoms with Crippen LogP contribution in [0.25, 0.3) is 0 Å². The molecule has 4 nitrogen and oxygen atoms in total. The summed E-state index contributed by atoms with van der Waals surface area (Å²) in [6.07, 6.45) is 8.40. The molecule has 1 aromatic rings. The number of aryl methyl sites for hydroxylation is 1. The van der Waals surface area contributed by atoms with Gasteiger partial charge in [0, 0.05) is 25.5 Å². The predicted molar refractivity (Wildman–Crippen MR) is 62.6 cm³/mol. The molecule has 0 amide bonds. The molecule has 1 aromatic heterocycles. The number of rotatable bonds is 4. The van der Waals surface area contributed by atoms with Gasteiger partial charge in [-0.1, -0.05) is 6.92 Å². The first kappa shape index (κ1) is 11.5. The van der Waals surface area contributed by atoms with E-state index in [0.29, 0.717) is 6.54 Å². The summed E-state index contributed by atoms with van der Waals surface area (Å²) in [5.74, 6) is 0. The average Bonchev–Trinajstić information content (AvgIpc) is 2.64. The van der Waals surface area contributed by atoms with E-state index in [4.69, 9.17) is 4.74 Å². The molecule has 1 saturated heterocycles. The highest BCUT2D eigenvalue weighted by molar-refractivity contribution is 4.83. The molecule has 16 heavy (non-hydrogen) atoms. The first-order valence-corrected chi connectivity index (χ1v) is 6.18. The lowest BCUT2D eigenvalue weighted by Crippen LogP contribution is -2.31. The maximum Gasteiger partial charge on any atom is 0.328 e. The highest BCUT2D eigenvalue weighted by Crippen LogP contribution is 2.13. The summed E-state index contributed by atoms with van der Waals surface area (Å²) in [7, 11) is 0. The molecule has 0 bridgehead atoms. The van der Waals surface area contributed by atoms with Gasteiger partial charge >= 0.3 is 5.69 Å². The SMILES string of the molecule is CCCn1ccn(CC2CCCCO2)c1=O. The van der Waals surface area contributed by atoms with Gasteiger partial charge < -0.3 is 4.74 Å². The zero-order chi connectivity index (χ0) is 11.4. The fourth-order valence-electron chi connectivity index (χ4n) is 2.17. The van der Waals surface area contributed by atoms with Crippen LogP contribution in [-0.2, 0) is 17.8 Å². The molecule has 0 radical (unpaired) electrons. The van der Waals surface area contributed by atoms with Crippen molar-refractivity contribution < 1.29 is 4.74 Å². The van der Waals surface area contributed by atoms with E-state index in [9.17, 15) is 4.79 Å². The van der Waals surface area contributed by atoms with Crippen LogP contribution in [0.1, 0.15) is 32.6 Å². The molecule has 2 rings (SSSR count).